The van der Waals surface area contributed by atoms with Gasteiger partial charge < -0.3 is 19.5 Å². The average molecular weight is 500 g/mol. The zero-order valence-corrected chi connectivity index (χ0v) is 20.8. The number of halogens is 1. The van der Waals surface area contributed by atoms with Gasteiger partial charge in [-0.3, -0.25) is 0 Å². The highest BCUT2D eigenvalue weighted by Gasteiger charge is 2.27. The van der Waals surface area contributed by atoms with Gasteiger partial charge in [0.25, 0.3) is 0 Å². The number of carboxylic acid groups (broad SMARTS) is 1. The Kier molecular flexibility index (Phi) is 7.26. The molecular weight excluding hydrogens is 469 g/mol. The predicted molar refractivity (Wildman–Crippen MR) is 144 cm³/mol. The standard InChI is InChI=1S/C31H30FNO4/c1-21(27-14-5-9-22-8-2-3-13-28(22)27)7-4-12-26-19-33(29-17-23(32)15-16-30(29)37-26)24-10-6-11-25(18-24)36-20-31(34)35/h2-3,5-6,8-11,13-18,21,26H,4,7,12,19-20H2,1H3,(H,34,35)/t21-,26?/m0/s1. The molecule has 1 unspecified atom stereocenters. The lowest BCUT2D eigenvalue weighted by molar-refractivity contribution is -0.139. The van der Waals surface area contributed by atoms with Gasteiger partial charge in [-0.1, -0.05) is 55.5 Å². The highest BCUT2D eigenvalue weighted by molar-refractivity contribution is 5.86. The van der Waals surface area contributed by atoms with Gasteiger partial charge in [0.2, 0.25) is 0 Å². The Morgan fingerprint density at radius 3 is 2.76 bits per heavy atom. The van der Waals surface area contributed by atoms with E-state index in [9.17, 15) is 9.18 Å². The molecule has 0 fully saturated rings. The van der Waals surface area contributed by atoms with Crippen LogP contribution in [0, 0.1) is 5.82 Å². The molecule has 190 valence electrons. The van der Waals surface area contributed by atoms with Crippen molar-refractivity contribution < 1.29 is 23.8 Å². The first kappa shape index (κ1) is 24.6. The molecule has 0 radical (unpaired) electrons. The lowest BCUT2D eigenvalue weighted by Gasteiger charge is -2.36. The van der Waals surface area contributed by atoms with Crippen LogP contribution in [0.15, 0.2) is 84.9 Å². The van der Waals surface area contributed by atoms with Crippen LogP contribution in [0.5, 0.6) is 11.5 Å². The van der Waals surface area contributed by atoms with Crippen LogP contribution in [0.4, 0.5) is 15.8 Å². The quantitative estimate of drug-likeness (QED) is 0.262. The second kappa shape index (κ2) is 10.9. The van der Waals surface area contributed by atoms with Gasteiger partial charge in [0.15, 0.2) is 6.61 Å². The summed E-state index contributed by atoms with van der Waals surface area (Å²) in [5.74, 6) is 0.117. The maximum absolute atomic E-state index is 14.2. The average Bonchev–Trinajstić information content (AvgIpc) is 2.91. The van der Waals surface area contributed by atoms with Gasteiger partial charge in [-0.25, -0.2) is 9.18 Å². The summed E-state index contributed by atoms with van der Waals surface area (Å²) in [6.45, 7) is 2.41. The van der Waals surface area contributed by atoms with Crippen molar-refractivity contribution in [1.29, 1.82) is 0 Å². The minimum Gasteiger partial charge on any atom is -0.486 e. The molecule has 5 rings (SSSR count). The van der Waals surface area contributed by atoms with E-state index in [4.69, 9.17) is 14.6 Å². The number of carboxylic acids is 1. The van der Waals surface area contributed by atoms with Crippen LogP contribution < -0.4 is 14.4 Å². The molecule has 37 heavy (non-hydrogen) atoms. The molecule has 1 heterocycles. The maximum atomic E-state index is 14.2. The van der Waals surface area contributed by atoms with Crippen molar-refractivity contribution >= 4 is 28.1 Å². The Morgan fingerprint density at radius 2 is 1.89 bits per heavy atom. The Balaban J connectivity index is 1.30. The van der Waals surface area contributed by atoms with Crippen LogP contribution in [0.2, 0.25) is 0 Å². The van der Waals surface area contributed by atoms with Crippen molar-refractivity contribution in [3.05, 3.63) is 96.3 Å². The zero-order chi connectivity index (χ0) is 25.8. The molecule has 5 nitrogen and oxygen atoms in total. The maximum Gasteiger partial charge on any atom is 0.341 e. The van der Waals surface area contributed by atoms with E-state index < -0.39 is 12.6 Å². The molecule has 4 aromatic rings. The zero-order valence-electron chi connectivity index (χ0n) is 20.8. The first-order chi connectivity index (χ1) is 18.0. The Morgan fingerprint density at radius 1 is 1.08 bits per heavy atom. The molecule has 1 N–H and O–H groups in total. The number of hydrogen-bond donors (Lipinski definition) is 1. The SMILES string of the molecule is C[C@@H](CCCC1CN(c2cccc(OCC(=O)O)c2)c2cc(F)ccc2O1)c1cccc2ccccc12. The van der Waals surface area contributed by atoms with Crippen LogP contribution >= 0.6 is 0 Å². The largest absolute Gasteiger partial charge is 0.486 e. The van der Waals surface area contributed by atoms with Crippen LogP contribution in [0.1, 0.15) is 37.7 Å². The number of benzene rings is 4. The topological polar surface area (TPSA) is 59.0 Å². The van der Waals surface area contributed by atoms with Gasteiger partial charge in [-0.2, -0.15) is 0 Å². The number of nitrogens with zero attached hydrogens (tertiary/aromatic N) is 1. The van der Waals surface area contributed by atoms with Crippen LogP contribution in [0.25, 0.3) is 10.8 Å². The number of ether oxygens (including phenoxy) is 2. The third kappa shape index (κ3) is 5.69. The summed E-state index contributed by atoms with van der Waals surface area (Å²) in [4.78, 5) is 12.9. The van der Waals surface area contributed by atoms with Gasteiger partial charge in [0.1, 0.15) is 23.4 Å². The monoisotopic (exact) mass is 499 g/mol. The summed E-state index contributed by atoms with van der Waals surface area (Å²) in [5, 5.41) is 11.5. The normalized spacial score (nSPS) is 15.6. The van der Waals surface area contributed by atoms with Crippen LogP contribution in [-0.2, 0) is 4.79 Å². The van der Waals surface area contributed by atoms with E-state index in [1.165, 1.54) is 28.5 Å². The van der Waals surface area contributed by atoms with Crippen molar-refractivity contribution in [2.45, 2.75) is 38.2 Å². The van der Waals surface area contributed by atoms with Crippen LogP contribution in [-0.4, -0.2) is 30.3 Å². The molecule has 0 aliphatic carbocycles. The Bertz CT molecular complexity index is 1400. The molecular formula is C31H30FNO4. The van der Waals surface area contributed by atoms with Crippen molar-refractivity contribution in [2.75, 3.05) is 18.1 Å². The number of fused-ring (bicyclic) bond motifs is 2. The van der Waals surface area contributed by atoms with E-state index in [-0.39, 0.29) is 11.9 Å². The first-order valence-electron chi connectivity index (χ1n) is 12.6. The molecule has 0 aromatic heterocycles. The number of rotatable bonds is 9. The van der Waals surface area contributed by atoms with E-state index in [2.05, 4.69) is 49.4 Å². The fourth-order valence-electron chi connectivity index (χ4n) is 5.09. The fraction of sp³-hybridized carbons (Fsp3) is 0.258. The summed E-state index contributed by atoms with van der Waals surface area (Å²) in [5.41, 5.74) is 2.81. The third-order valence-electron chi connectivity index (χ3n) is 6.90. The van der Waals surface area contributed by atoms with E-state index in [0.717, 1.165) is 24.9 Å². The lowest BCUT2D eigenvalue weighted by Crippen LogP contribution is -2.37. The molecule has 0 saturated carbocycles. The summed E-state index contributed by atoms with van der Waals surface area (Å²) in [7, 11) is 0. The van der Waals surface area contributed by atoms with Crippen molar-refractivity contribution in [1.82, 2.24) is 0 Å². The minimum absolute atomic E-state index is 0.0683. The van der Waals surface area contributed by atoms with Gasteiger partial charge >= 0.3 is 5.97 Å². The number of anilines is 2. The molecule has 4 aromatic carbocycles. The summed E-state index contributed by atoms with van der Waals surface area (Å²) in [6.07, 6.45) is 2.81. The Hall–Kier alpha value is -4.06. The van der Waals surface area contributed by atoms with E-state index in [1.54, 1.807) is 18.2 Å². The lowest BCUT2D eigenvalue weighted by atomic mass is 9.90. The van der Waals surface area contributed by atoms with E-state index >= 15 is 0 Å². The third-order valence-corrected chi connectivity index (χ3v) is 6.90. The number of aliphatic carboxylic acids is 1. The molecule has 0 saturated heterocycles. The summed E-state index contributed by atoms with van der Waals surface area (Å²) >= 11 is 0. The summed E-state index contributed by atoms with van der Waals surface area (Å²) < 4.78 is 25.8. The molecule has 0 spiro atoms. The van der Waals surface area contributed by atoms with E-state index in [1.807, 2.05) is 17.0 Å². The summed E-state index contributed by atoms with van der Waals surface area (Å²) in [6, 6.07) is 26.8. The highest BCUT2D eigenvalue weighted by Crippen LogP contribution is 2.40. The molecule has 1 aliphatic heterocycles. The molecule has 1 aliphatic rings. The van der Waals surface area contributed by atoms with E-state index in [0.29, 0.717) is 29.6 Å². The molecule has 0 amide bonds. The van der Waals surface area contributed by atoms with Crippen molar-refractivity contribution in [2.24, 2.45) is 0 Å². The highest BCUT2D eigenvalue weighted by atomic mass is 19.1. The van der Waals surface area contributed by atoms with Crippen LogP contribution in [0.3, 0.4) is 0 Å². The molecule has 2 atom stereocenters. The molecule has 0 bridgehead atoms. The molecule has 6 heteroatoms. The predicted octanol–water partition coefficient (Wildman–Crippen LogP) is 7.32. The van der Waals surface area contributed by atoms with Crippen molar-refractivity contribution in [3.63, 3.8) is 0 Å². The van der Waals surface area contributed by atoms with Crippen molar-refractivity contribution in [3.8, 4) is 11.5 Å². The number of carbonyl (C=O) groups is 1. The smallest absolute Gasteiger partial charge is 0.341 e. The minimum atomic E-state index is -1.04. The number of hydrogen-bond acceptors (Lipinski definition) is 4. The first-order valence-corrected chi connectivity index (χ1v) is 12.6. The second-order valence-electron chi connectivity index (χ2n) is 9.54. The van der Waals surface area contributed by atoms with Gasteiger partial charge in [-0.05, 0) is 65.8 Å². The van der Waals surface area contributed by atoms with Gasteiger partial charge in [-0.15, -0.1) is 0 Å². The Labute approximate surface area is 216 Å². The second-order valence-corrected chi connectivity index (χ2v) is 9.54. The van der Waals surface area contributed by atoms with Gasteiger partial charge in [0.05, 0.1) is 12.2 Å². The fourth-order valence-corrected chi connectivity index (χ4v) is 5.09. The van der Waals surface area contributed by atoms with Gasteiger partial charge in [0, 0.05) is 17.8 Å².